The smallest absolute Gasteiger partial charge is 0.222 e. The van der Waals surface area contributed by atoms with Crippen LogP contribution < -0.4 is 15.0 Å². The van der Waals surface area contributed by atoms with E-state index in [0.29, 0.717) is 37.7 Å². The van der Waals surface area contributed by atoms with Crippen LogP contribution in [0, 0.1) is 0 Å². The van der Waals surface area contributed by atoms with E-state index in [1.807, 2.05) is 36.4 Å². The summed E-state index contributed by atoms with van der Waals surface area (Å²) in [5.41, 5.74) is 2.09. The molecule has 2 aromatic carbocycles. The van der Waals surface area contributed by atoms with Crippen molar-refractivity contribution in [2.45, 2.75) is 19.0 Å². The van der Waals surface area contributed by atoms with Gasteiger partial charge in [0.15, 0.2) is 0 Å². The lowest BCUT2D eigenvalue weighted by molar-refractivity contribution is -0.121. The number of nitrogens with zero attached hydrogens (tertiary/aromatic N) is 1. The molecule has 3 rings (SSSR count). The van der Waals surface area contributed by atoms with Crippen molar-refractivity contribution in [2.24, 2.45) is 0 Å². The lowest BCUT2D eigenvalue weighted by atomic mass is 10.1. The zero-order chi connectivity index (χ0) is 18.4. The van der Waals surface area contributed by atoms with Gasteiger partial charge in [0.2, 0.25) is 5.91 Å². The number of carbonyl (C=O) groups excluding carboxylic acids is 1. The first-order valence-electron chi connectivity index (χ1n) is 8.66. The van der Waals surface area contributed by atoms with E-state index in [1.54, 1.807) is 7.11 Å². The van der Waals surface area contributed by atoms with E-state index >= 15 is 0 Å². The zero-order valence-electron chi connectivity index (χ0n) is 14.8. The standard InChI is InChI=1S/C20H23ClN2O3/c1-25-10-9-22-20(24)12-17-14-26-19-8-7-16(21)11-18(19)23(17)13-15-5-3-2-4-6-15/h2-8,11,17H,9-10,12-14H2,1H3,(H,22,24)/t17-/m1/s1. The lowest BCUT2D eigenvalue weighted by Crippen LogP contribution is -2.45. The van der Waals surface area contributed by atoms with Gasteiger partial charge in [0.25, 0.3) is 0 Å². The van der Waals surface area contributed by atoms with Gasteiger partial charge in [-0.05, 0) is 23.8 Å². The molecule has 1 amide bonds. The van der Waals surface area contributed by atoms with E-state index in [0.717, 1.165) is 11.4 Å². The van der Waals surface area contributed by atoms with E-state index in [-0.39, 0.29) is 11.9 Å². The molecule has 1 heterocycles. The number of hydrogen-bond donors (Lipinski definition) is 1. The fourth-order valence-electron chi connectivity index (χ4n) is 3.05. The molecule has 1 aliphatic rings. The summed E-state index contributed by atoms with van der Waals surface area (Å²) in [7, 11) is 1.61. The maximum atomic E-state index is 12.3. The Hall–Kier alpha value is -2.24. The second-order valence-corrected chi connectivity index (χ2v) is 6.67. The number of methoxy groups -OCH3 is 1. The molecule has 0 bridgehead atoms. The number of fused-ring (bicyclic) bond motifs is 1. The first-order valence-corrected chi connectivity index (χ1v) is 9.03. The minimum Gasteiger partial charge on any atom is -0.489 e. The molecule has 138 valence electrons. The molecule has 26 heavy (non-hydrogen) atoms. The highest BCUT2D eigenvalue weighted by molar-refractivity contribution is 6.31. The number of halogens is 1. The fraction of sp³-hybridized carbons (Fsp3) is 0.350. The molecule has 1 aliphatic heterocycles. The maximum Gasteiger partial charge on any atom is 0.222 e. The molecule has 0 radical (unpaired) electrons. The van der Waals surface area contributed by atoms with Crippen LogP contribution in [-0.2, 0) is 16.1 Å². The number of carbonyl (C=O) groups is 1. The highest BCUT2D eigenvalue weighted by atomic mass is 35.5. The number of anilines is 1. The molecule has 2 aromatic rings. The number of hydrogen-bond acceptors (Lipinski definition) is 4. The predicted molar refractivity (Wildman–Crippen MR) is 103 cm³/mol. The highest BCUT2D eigenvalue weighted by Crippen LogP contribution is 2.37. The van der Waals surface area contributed by atoms with Crippen molar-refractivity contribution in [2.75, 3.05) is 31.8 Å². The molecular weight excluding hydrogens is 352 g/mol. The Morgan fingerprint density at radius 2 is 2.12 bits per heavy atom. The molecular formula is C20H23ClN2O3. The molecule has 0 spiro atoms. The number of rotatable bonds is 7. The van der Waals surface area contributed by atoms with Crippen LogP contribution in [0.4, 0.5) is 5.69 Å². The van der Waals surface area contributed by atoms with E-state index in [4.69, 9.17) is 21.1 Å². The molecule has 1 N–H and O–H groups in total. The van der Waals surface area contributed by atoms with Crippen molar-refractivity contribution in [3.05, 3.63) is 59.1 Å². The summed E-state index contributed by atoms with van der Waals surface area (Å²) >= 11 is 6.21. The summed E-state index contributed by atoms with van der Waals surface area (Å²) in [6.45, 7) is 2.15. The van der Waals surface area contributed by atoms with Crippen LogP contribution in [0.5, 0.6) is 5.75 Å². The molecule has 5 nitrogen and oxygen atoms in total. The molecule has 0 saturated heterocycles. The number of benzene rings is 2. The third-order valence-corrected chi connectivity index (χ3v) is 4.58. The molecule has 1 atom stereocenters. The minimum atomic E-state index is -0.0660. The van der Waals surface area contributed by atoms with Gasteiger partial charge < -0.3 is 19.7 Å². The van der Waals surface area contributed by atoms with Crippen molar-refractivity contribution in [3.63, 3.8) is 0 Å². The molecule has 0 fully saturated rings. The van der Waals surface area contributed by atoms with Crippen LogP contribution in [0.15, 0.2) is 48.5 Å². The Bertz CT molecular complexity index is 739. The van der Waals surface area contributed by atoms with Gasteiger partial charge in [-0.15, -0.1) is 0 Å². The van der Waals surface area contributed by atoms with Crippen molar-refractivity contribution >= 4 is 23.2 Å². The van der Waals surface area contributed by atoms with Gasteiger partial charge in [-0.3, -0.25) is 4.79 Å². The SMILES string of the molecule is COCCNC(=O)C[C@@H]1COc2ccc(Cl)cc2N1Cc1ccccc1. The van der Waals surface area contributed by atoms with Gasteiger partial charge in [-0.2, -0.15) is 0 Å². The summed E-state index contributed by atoms with van der Waals surface area (Å²) in [5, 5.41) is 3.53. The van der Waals surface area contributed by atoms with Crippen molar-refractivity contribution in [3.8, 4) is 5.75 Å². The van der Waals surface area contributed by atoms with Gasteiger partial charge in [0.1, 0.15) is 12.4 Å². The normalized spacial score (nSPS) is 15.9. The zero-order valence-corrected chi connectivity index (χ0v) is 15.5. The van der Waals surface area contributed by atoms with Crippen LogP contribution in [0.1, 0.15) is 12.0 Å². The summed E-state index contributed by atoms with van der Waals surface area (Å²) in [6, 6.07) is 15.7. The van der Waals surface area contributed by atoms with Gasteiger partial charge in [-0.1, -0.05) is 41.9 Å². The molecule has 6 heteroatoms. The van der Waals surface area contributed by atoms with Crippen LogP contribution in [0.2, 0.25) is 5.02 Å². The van der Waals surface area contributed by atoms with E-state index in [1.165, 1.54) is 5.56 Å². The predicted octanol–water partition coefficient (Wildman–Crippen LogP) is 3.26. The highest BCUT2D eigenvalue weighted by Gasteiger charge is 2.29. The van der Waals surface area contributed by atoms with E-state index in [2.05, 4.69) is 22.3 Å². The Labute approximate surface area is 158 Å². The number of amides is 1. The Morgan fingerprint density at radius 3 is 2.88 bits per heavy atom. The number of ether oxygens (including phenoxy) is 2. The summed E-state index contributed by atoms with van der Waals surface area (Å²) in [4.78, 5) is 14.5. The monoisotopic (exact) mass is 374 g/mol. The van der Waals surface area contributed by atoms with Crippen LogP contribution in [0.25, 0.3) is 0 Å². The first-order chi connectivity index (χ1) is 12.7. The van der Waals surface area contributed by atoms with Gasteiger partial charge in [-0.25, -0.2) is 0 Å². The first kappa shape index (κ1) is 18.5. The minimum absolute atomic E-state index is 0.0146. The van der Waals surface area contributed by atoms with Crippen LogP contribution >= 0.6 is 11.6 Å². The Morgan fingerprint density at radius 1 is 1.31 bits per heavy atom. The average molecular weight is 375 g/mol. The summed E-state index contributed by atoms with van der Waals surface area (Å²) in [5.74, 6) is 0.778. The Balaban J connectivity index is 1.79. The van der Waals surface area contributed by atoms with Crippen LogP contribution in [0.3, 0.4) is 0 Å². The quantitative estimate of drug-likeness (QED) is 0.756. The fourth-order valence-corrected chi connectivity index (χ4v) is 3.22. The third-order valence-electron chi connectivity index (χ3n) is 4.35. The van der Waals surface area contributed by atoms with Gasteiger partial charge in [0, 0.05) is 25.2 Å². The van der Waals surface area contributed by atoms with Gasteiger partial charge >= 0.3 is 0 Å². The second-order valence-electron chi connectivity index (χ2n) is 6.24. The summed E-state index contributed by atoms with van der Waals surface area (Å²) < 4.78 is 10.9. The second kappa shape index (κ2) is 8.92. The molecule has 0 aromatic heterocycles. The average Bonchev–Trinajstić information content (AvgIpc) is 2.65. The summed E-state index contributed by atoms with van der Waals surface area (Å²) in [6.07, 6.45) is 0.350. The Kier molecular flexibility index (Phi) is 6.36. The van der Waals surface area contributed by atoms with Crippen LogP contribution in [-0.4, -0.2) is 38.8 Å². The van der Waals surface area contributed by atoms with Crippen molar-refractivity contribution in [1.82, 2.24) is 5.32 Å². The largest absolute Gasteiger partial charge is 0.489 e. The molecule has 0 aliphatic carbocycles. The van der Waals surface area contributed by atoms with E-state index < -0.39 is 0 Å². The van der Waals surface area contributed by atoms with Crippen molar-refractivity contribution in [1.29, 1.82) is 0 Å². The maximum absolute atomic E-state index is 12.3. The molecule has 0 saturated carbocycles. The molecule has 0 unspecified atom stereocenters. The van der Waals surface area contributed by atoms with E-state index in [9.17, 15) is 4.79 Å². The van der Waals surface area contributed by atoms with Crippen molar-refractivity contribution < 1.29 is 14.3 Å². The topological polar surface area (TPSA) is 50.8 Å². The lowest BCUT2D eigenvalue weighted by Gasteiger charge is -2.38. The number of nitrogens with one attached hydrogen (secondary N) is 1. The van der Waals surface area contributed by atoms with Gasteiger partial charge in [0.05, 0.1) is 24.8 Å². The third kappa shape index (κ3) is 4.68.